The highest BCUT2D eigenvalue weighted by atomic mass is 35.5. The van der Waals surface area contributed by atoms with Crippen LogP contribution < -0.4 is 9.62 Å². The summed E-state index contributed by atoms with van der Waals surface area (Å²) >= 11 is 5.79. The van der Waals surface area contributed by atoms with Gasteiger partial charge in [0, 0.05) is 12.6 Å². The molecule has 0 saturated heterocycles. The molecule has 0 aliphatic heterocycles. The van der Waals surface area contributed by atoms with Gasteiger partial charge in [-0.3, -0.25) is 13.9 Å². The number of hydrogen-bond acceptors (Lipinski definition) is 4. The summed E-state index contributed by atoms with van der Waals surface area (Å²) in [7, 11) is -3.96. The molecule has 2 amide bonds. The third kappa shape index (κ3) is 7.40. The number of sulfonamides is 1. The normalized spacial score (nSPS) is 12.4. The lowest BCUT2D eigenvalue weighted by Gasteiger charge is -2.32. The summed E-state index contributed by atoms with van der Waals surface area (Å²) in [4.78, 5) is 27.1. The first-order chi connectivity index (χ1) is 15.3. The molecule has 0 bridgehead atoms. The predicted molar refractivity (Wildman–Crippen MR) is 123 cm³/mol. The van der Waals surface area contributed by atoms with Crippen LogP contribution in [-0.4, -0.2) is 50.0 Å². The van der Waals surface area contributed by atoms with Gasteiger partial charge >= 0.3 is 0 Å². The number of nitrogens with one attached hydrogen (secondary N) is 1. The third-order valence-electron chi connectivity index (χ3n) is 4.73. The highest BCUT2D eigenvalue weighted by Gasteiger charge is 2.30. The summed E-state index contributed by atoms with van der Waals surface area (Å²) in [6, 6.07) is 7.53. The van der Waals surface area contributed by atoms with Crippen LogP contribution in [0.15, 0.2) is 42.5 Å². The lowest BCUT2D eigenvalue weighted by Crippen LogP contribution is -2.52. The van der Waals surface area contributed by atoms with Gasteiger partial charge in [0.2, 0.25) is 21.8 Å². The molecule has 0 aliphatic carbocycles. The molecule has 0 radical (unpaired) electrons. The Kier molecular flexibility index (Phi) is 8.79. The first-order valence-electron chi connectivity index (χ1n) is 10.1. The fraction of sp³-hybridized carbons (Fsp3) is 0.364. The Balaban J connectivity index is 2.40. The fourth-order valence-electron chi connectivity index (χ4n) is 3.03. The van der Waals surface area contributed by atoms with Gasteiger partial charge in [-0.15, -0.1) is 0 Å². The maximum absolute atomic E-state index is 13.6. The third-order valence-corrected chi connectivity index (χ3v) is 6.17. The maximum atomic E-state index is 13.6. The molecule has 7 nitrogen and oxygen atoms in total. The molecular weight excluding hydrogens is 476 g/mol. The molecule has 1 atom stereocenters. The highest BCUT2D eigenvalue weighted by molar-refractivity contribution is 7.92. The number of benzene rings is 2. The van der Waals surface area contributed by atoms with Crippen LogP contribution in [0, 0.1) is 11.6 Å². The van der Waals surface area contributed by atoms with Gasteiger partial charge < -0.3 is 10.2 Å². The predicted octanol–water partition coefficient (Wildman–Crippen LogP) is 3.33. The van der Waals surface area contributed by atoms with Crippen LogP contribution in [0.5, 0.6) is 0 Å². The van der Waals surface area contributed by atoms with Crippen molar-refractivity contribution in [3.05, 3.63) is 64.7 Å². The van der Waals surface area contributed by atoms with Crippen LogP contribution in [0.1, 0.15) is 26.3 Å². The van der Waals surface area contributed by atoms with Crippen LogP contribution in [0.25, 0.3) is 0 Å². The second kappa shape index (κ2) is 10.9. The summed E-state index contributed by atoms with van der Waals surface area (Å²) in [6.45, 7) is 4.33. The number of nitrogens with zero attached hydrogens (tertiary/aromatic N) is 2. The Morgan fingerprint density at radius 1 is 1.06 bits per heavy atom. The second-order valence-electron chi connectivity index (χ2n) is 7.86. The molecule has 0 spiro atoms. The highest BCUT2D eigenvalue weighted by Crippen LogP contribution is 2.25. The molecule has 0 heterocycles. The molecule has 2 aromatic carbocycles. The molecule has 11 heteroatoms. The molecule has 0 saturated carbocycles. The standard InChI is InChI=1S/C22H26ClF2N3O4S/c1-14(2)26-22(30)15(3)27(12-16-5-7-17(24)8-6-16)21(29)13-28(33(4,31)32)18-9-10-20(25)19(23)11-18/h5-11,14-15H,12-13H2,1-4H3,(H,26,30)/t15-/m1/s1. The average Bonchev–Trinajstić information content (AvgIpc) is 2.71. The van der Waals surface area contributed by atoms with E-state index in [-0.39, 0.29) is 23.3 Å². The lowest BCUT2D eigenvalue weighted by atomic mass is 10.1. The molecule has 0 aromatic heterocycles. The van der Waals surface area contributed by atoms with Gasteiger partial charge in [0.1, 0.15) is 24.2 Å². The van der Waals surface area contributed by atoms with Crippen LogP contribution >= 0.6 is 11.6 Å². The average molecular weight is 502 g/mol. The summed E-state index contributed by atoms with van der Waals surface area (Å²) in [5.74, 6) is -2.32. The zero-order valence-corrected chi connectivity index (χ0v) is 20.3. The minimum absolute atomic E-state index is 0.00160. The van der Waals surface area contributed by atoms with E-state index in [1.54, 1.807) is 13.8 Å². The van der Waals surface area contributed by atoms with Crippen LogP contribution in [-0.2, 0) is 26.2 Å². The topological polar surface area (TPSA) is 86.8 Å². The number of amides is 2. The maximum Gasteiger partial charge on any atom is 0.244 e. The SMILES string of the molecule is CC(C)NC(=O)[C@@H](C)N(Cc1ccc(F)cc1)C(=O)CN(c1ccc(F)c(Cl)c1)S(C)(=O)=O. The minimum Gasteiger partial charge on any atom is -0.352 e. The summed E-state index contributed by atoms with van der Waals surface area (Å²) in [5.41, 5.74) is 0.544. The van der Waals surface area contributed by atoms with Gasteiger partial charge in [-0.1, -0.05) is 23.7 Å². The van der Waals surface area contributed by atoms with E-state index < -0.39 is 46.1 Å². The molecule has 2 rings (SSSR count). The van der Waals surface area contributed by atoms with Crippen LogP contribution in [0.3, 0.4) is 0 Å². The number of carbonyl (C=O) groups is 2. The molecule has 180 valence electrons. The number of halogens is 3. The van der Waals surface area contributed by atoms with Crippen LogP contribution in [0.4, 0.5) is 14.5 Å². The first kappa shape index (κ1) is 26.5. The van der Waals surface area contributed by atoms with E-state index in [2.05, 4.69) is 5.32 Å². The van der Waals surface area contributed by atoms with Crippen molar-refractivity contribution in [3.8, 4) is 0 Å². The Morgan fingerprint density at radius 2 is 1.67 bits per heavy atom. The van der Waals surface area contributed by atoms with Crippen molar-refractivity contribution < 1.29 is 26.8 Å². The zero-order valence-electron chi connectivity index (χ0n) is 18.7. The Labute approximate surface area is 197 Å². The first-order valence-corrected chi connectivity index (χ1v) is 12.3. The largest absolute Gasteiger partial charge is 0.352 e. The summed E-state index contributed by atoms with van der Waals surface area (Å²) < 4.78 is 52.5. The van der Waals surface area contributed by atoms with Crippen molar-refractivity contribution >= 4 is 39.1 Å². The van der Waals surface area contributed by atoms with Gasteiger partial charge in [0.05, 0.1) is 17.0 Å². The van der Waals surface area contributed by atoms with E-state index in [1.165, 1.54) is 42.2 Å². The van der Waals surface area contributed by atoms with Crippen molar-refractivity contribution in [2.75, 3.05) is 17.1 Å². The van der Waals surface area contributed by atoms with Crippen molar-refractivity contribution in [2.24, 2.45) is 0 Å². The molecular formula is C22H26ClF2N3O4S. The zero-order chi connectivity index (χ0) is 24.9. The van der Waals surface area contributed by atoms with Gasteiger partial charge in [-0.25, -0.2) is 17.2 Å². The Morgan fingerprint density at radius 3 is 2.18 bits per heavy atom. The smallest absolute Gasteiger partial charge is 0.244 e. The Hall–Kier alpha value is -2.72. The fourth-order valence-corrected chi connectivity index (χ4v) is 4.04. The summed E-state index contributed by atoms with van der Waals surface area (Å²) in [6.07, 6.45) is 0.900. The van der Waals surface area contributed by atoms with Crippen molar-refractivity contribution in [3.63, 3.8) is 0 Å². The number of rotatable bonds is 9. The monoisotopic (exact) mass is 501 g/mol. The van der Waals surface area contributed by atoms with Gasteiger partial charge in [-0.2, -0.15) is 0 Å². The molecule has 1 N–H and O–H groups in total. The van der Waals surface area contributed by atoms with Crippen molar-refractivity contribution in [1.29, 1.82) is 0 Å². The van der Waals surface area contributed by atoms with E-state index in [1.807, 2.05) is 0 Å². The van der Waals surface area contributed by atoms with E-state index in [9.17, 15) is 26.8 Å². The number of carbonyl (C=O) groups excluding carboxylic acids is 2. The minimum atomic E-state index is -3.96. The Bertz CT molecular complexity index is 1110. The molecule has 0 unspecified atom stereocenters. The molecule has 0 fully saturated rings. The van der Waals surface area contributed by atoms with Gasteiger partial charge in [0.25, 0.3) is 0 Å². The number of hydrogen-bond donors (Lipinski definition) is 1. The van der Waals surface area contributed by atoms with Crippen LogP contribution in [0.2, 0.25) is 5.02 Å². The quantitative estimate of drug-likeness (QED) is 0.571. The van der Waals surface area contributed by atoms with Gasteiger partial charge in [0.15, 0.2) is 0 Å². The molecule has 2 aromatic rings. The molecule has 33 heavy (non-hydrogen) atoms. The van der Waals surface area contributed by atoms with E-state index in [0.29, 0.717) is 5.56 Å². The van der Waals surface area contributed by atoms with Crippen molar-refractivity contribution in [1.82, 2.24) is 10.2 Å². The van der Waals surface area contributed by atoms with Crippen molar-refractivity contribution in [2.45, 2.75) is 39.4 Å². The van der Waals surface area contributed by atoms with Gasteiger partial charge in [-0.05, 0) is 56.7 Å². The van der Waals surface area contributed by atoms with E-state index >= 15 is 0 Å². The second-order valence-corrected chi connectivity index (χ2v) is 10.2. The van der Waals surface area contributed by atoms with E-state index in [4.69, 9.17) is 11.6 Å². The number of anilines is 1. The van der Waals surface area contributed by atoms with E-state index in [0.717, 1.165) is 22.7 Å². The summed E-state index contributed by atoms with van der Waals surface area (Å²) in [5, 5.41) is 2.41. The lowest BCUT2D eigenvalue weighted by molar-refractivity contribution is -0.139. The molecule has 0 aliphatic rings.